The standard InChI is InChI=1S/C23H32N4O3/c1-23(2,3)12-21(28)26-13-20-22(29)19(16-30-20)27(14-17-8-4-6-10-24-17)15-18-9-5-7-11-25-18/h4-11,19-20,22,29H,12-16H2,1-3H3,(H,26,28)/t19-,20-,22+/m1/s1. The molecular formula is C23H32N4O3. The van der Waals surface area contributed by atoms with Gasteiger partial charge in [0.1, 0.15) is 6.10 Å². The molecule has 1 aliphatic rings. The largest absolute Gasteiger partial charge is 0.389 e. The number of amides is 1. The summed E-state index contributed by atoms with van der Waals surface area (Å²) in [4.78, 5) is 23.1. The van der Waals surface area contributed by atoms with E-state index in [-0.39, 0.29) is 17.4 Å². The Hall–Kier alpha value is -2.35. The Balaban J connectivity index is 1.65. The maximum atomic E-state index is 12.1. The number of carbonyl (C=O) groups is 1. The highest BCUT2D eigenvalue weighted by Gasteiger charge is 2.39. The normalized spacial score (nSPS) is 21.7. The average Bonchev–Trinajstić information content (AvgIpc) is 3.07. The molecule has 1 aliphatic heterocycles. The maximum Gasteiger partial charge on any atom is 0.220 e. The summed E-state index contributed by atoms with van der Waals surface area (Å²) in [5, 5.41) is 13.9. The zero-order chi connectivity index (χ0) is 21.6. The second kappa shape index (κ2) is 10.1. The third kappa shape index (κ3) is 6.58. The zero-order valence-electron chi connectivity index (χ0n) is 18.0. The van der Waals surface area contributed by atoms with E-state index in [1.54, 1.807) is 12.4 Å². The number of pyridine rings is 2. The summed E-state index contributed by atoms with van der Waals surface area (Å²) in [7, 11) is 0. The summed E-state index contributed by atoms with van der Waals surface area (Å²) < 4.78 is 5.87. The lowest BCUT2D eigenvalue weighted by Crippen LogP contribution is -2.46. The first-order valence-corrected chi connectivity index (χ1v) is 10.4. The average molecular weight is 413 g/mol. The van der Waals surface area contributed by atoms with Gasteiger partial charge in [-0.15, -0.1) is 0 Å². The molecule has 2 aromatic heterocycles. The number of aromatic nitrogens is 2. The third-order valence-corrected chi connectivity index (χ3v) is 5.10. The van der Waals surface area contributed by atoms with Gasteiger partial charge in [0, 0.05) is 38.4 Å². The number of carbonyl (C=O) groups excluding carboxylic acids is 1. The molecule has 0 spiro atoms. The number of aliphatic hydroxyl groups excluding tert-OH is 1. The van der Waals surface area contributed by atoms with Crippen LogP contribution in [0.15, 0.2) is 48.8 Å². The van der Waals surface area contributed by atoms with Crippen LogP contribution in [-0.4, -0.2) is 57.3 Å². The molecule has 0 aliphatic carbocycles. The SMILES string of the molecule is CC(C)(C)CC(=O)NC[C@H]1OC[C@@H](N(Cc2ccccn2)Cc2ccccn2)[C@@H]1O. The first-order chi connectivity index (χ1) is 14.3. The fourth-order valence-corrected chi connectivity index (χ4v) is 3.62. The molecule has 7 heteroatoms. The summed E-state index contributed by atoms with van der Waals surface area (Å²) in [6, 6.07) is 11.4. The molecule has 1 fully saturated rings. The van der Waals surface area contributed by atoms with Crippen molar-refractivity contribution in [2.75, 3.05) is 13.2 Å². The number of rotatable bonds is 8. The first kappa shape index (κ1) is 22.3. The van der Waals surface area contributed by atoms with Gasteiger partial charge in [-0.25, -0.2) is 0 Å². The molecule has 2 aromatic rings. The molecule has 162 valence electrons. The Bertz CT molecular complexity index is 754. The van der Waals surface area contributed by atoms with Gasteiger partial charge in [-0.3, -0.25) is 19.7 Å². The lowest BCUT2D eigenvalue weighted by atomic mass is 9.92. The van der Waals surface area contributed by atoms with Crippen molar-refractivity contribution >= 4 is 5.91 Å². The predicted octanol–water partition coefficient (Wildman–Crippen LogP) is 2.16. The molecule has 3 rings (SSSR count). The lowest BCUT2D eigenvalue weighted by Gasteiger charge is -2.30. The van der Waals surface area contributed by atoms with Gasteiger partial charge in [0.15, 0.2) is 0 Å². The number of ether oxygens (including phenoxy) is 1. The van der Waals surface area contributed by atoms with E-state index in [0.29, 0.717) is 32.7 Å². The fraction of sp³-hybridized carbons (Fsp3) is 0.522. The first-order valence-electron chi connectivity index (χ1n) is 10.4. The molecule has 0 unspecified atom stereocenters. The van der Waals surface area contributed by atoms with Gasteiger partial charge in [0.2, 0.25) is 5.91 Å². The van der Waals surface area contributed by atoms with Crippen molar-refractivity contribution in [2.45, 2.75) is 58.5 Å². The molecule has 7 nitrogen and oxygen atoms in total. The van der Waals surface area contributed by atoms with Crippen molar-refractivity contribution < 1.29 is 14.6 Å². The Morgan fingerprint density at radius 2 is 1.73 bits per heavy atom. The molecule has 3 atom stereocenters. The van der Waals surface area contributed by atoms with Crippen LogP contribution in [0.4, 0.5) is 0 Å². The highest BCUT2D eigenvalue weighted by Crippen LogP contribution is 2.23. The summed E-state index contributed by atoms with van der Waals surface area (Å²) in [6.07, 6.45) is 2.82. The Labute approximate surface area is 178 Å². The van der Waals surface area contributed by atoms with Gasteiger partial charge >= 0.3 is 0 Å². The summed E-state index contributed by atoms with van der Waals surface area (Å²) >= 11 is 0. The van der Waals surface area contributed by atoms with Crippen molar-refractivity contribution in [1.29, 1.82) is 0 Å². The summed E-state index contributed by atoms with van der Waals surface area (Å²) in [5.41, 5.74) is 1.76. The van der Waals surface area contributed by atoms with Crippen molar-refractivity contribution in [3.05, 3.63) is 60.2 Å². The second-order valence-corrected chi connectivity index (χ2v) is 9.02. The second-order valence-electron chi connectivity index (χ2n) is 9.02. The van der Waals surface area contributed by atoms with E-state index in [9.17, 15) is 9.90 Å². The minimum Gasteiger partial charge on any atom is -0.389 e. The molecule has 1 saturated heterocycles. The monoisotopic (exact) mass is 412 g/mol. The van der Waals surface area contributed by atoms with Crippen LogP contribution in [0.2, 0.25) is 0 Å². The maximum absolute atomic E-state index is 12.1. The molecule has 0 bridgehead atoms. The van der Waals surface area contributed by atoms with Crippen molar-refractivity contribution in [2.24, 2.45) is 5.41 Å². The number of nitrogens with zero attached hydrogens (tertiary/aromatic N) is 3. The van der Waals surface area contributed by atoms with Gasteiger partial charge < -0.3 is 15.2 Å². The minimum absolute atomic E-state index is 0.0272. The number of nitrogens with one attached hydrogen (secondary N) is 1. The molecule has 0 aromatic carbocycles. The van der Waals surface area contributed by atoms with Crippen molar-refractivity contribution in [3.63, 3.8) is 0 Å². The number of hydrogen-bond donors (Lipinski definition) is 2. The van der Waals surface area contributed by atoms with E-state index < -0.39 is 12.2 Å². The lowest BCUT2D eigenvalue weighted by molar-refractivity contribution is -0.123. The summed E-state index contributed by atoms with van der Waals surface area (Å²) in [6.45, 7) is 7.91. The van der Waals surface area contributed by atoms with Gasteiger partial charge in [-0.2, -0.15) is 0 Å². The molecule has 30 heavy (non-hydrogen) atoms. The molecule has 3 heterocycles. The Kier molecular flexibility index (Phi) is 7.53. The van der Waals surface area contributed by atoms with E-state index in [2.05, 4.69) is 20.2 Å². The highest BCUT2D eigenvalue weighted by molar-refractivity contribution is 5.76. The smallest absolute Gasteiger partial charge is 0.220 e. The van der Waals surface area contributed by atoms with Crippen molar-refractivity contribution in [1.82, 2.24) is 20.2 Å². The van der Waals surface area contributed by atoms with Crippen LogP contribution in [0.5, 0.6) is 0 Å². The van der Waals surface area contributed by atoms with E-state index in [1.165, 1.54) is 0 Å². The molecular weight excluding hydrogens is 380 g/mol. The molecule has 1 amide bonds. The molecule has 0 radical (unpaired) electrons. The topological polar surface area (TPSA) is 87.6 Å². The van der Waals surface area contributed by atoms with E-state index in [4.69, 9.17) is 4.74 Å². The number of hydrogen-bond acceptors (Lipinski definition) is 6. The number of aliphatic hydroxyl groups is 1. The Morgan fingerprint density at radius 3 is 2.23 bits per heavy atom. The molecule has 2 N–H and O–H groups in total. The van der Waals surface area contributed by atoms with E-state index in [1.807, 2.05) is 57.2 Å². The minimum atomic E-state index is -0.715. The Morgan fingerprint density at radius 1 is 1.13 bits per heavy atom. The zero-order valence-corrected chi connectivity index (χ0v) is 18.0. The highest BCUT2D eigenvalue weighted by atomic mass is 16.5. The van der Waals surface area contributed by atoms with Crippen LogP contribution in [0.1, 0.15) is 38.6 Å². The van der Waals surface area contributed by atoms with Crippen LogP contribution in [0.25, 0.3) is 0 Å². The molecule has 0 saturated carbocycles. The van der Waals surface area contributed by atoms with E-state index >= 15 is 0 Å². The fourth-order valence-electron chi connectivity index (χ4n) is 3.62. The van der Waals surface area contributed by atoms with Crippen LogP contribution < -0.4 is 5.32 Å². The van der Waals surface area contributed by atoms with Gasteiger partial charge in [0.05, 0.1) is 30.1 Å². The van der Waals surface area contributed by atoms with Crippen molar-refractivity contribution in [3.8, 4) is 0 Å². The summed E-state index contributed by atoms with van der Waals surface area (Å²) in [5.74, 6) is -0.0272. The van der Waals surface area contributed by atoms with Gasteiger partial charge in [-0.05, 0) is 29.7 Å². The van der Waals surface area contributed by atoms with Crippen LogP contribution >= 0.6 is 0 Å². The van der Waals surface area contributed by atoms with E-state index in [0.717, 1.165) is 11.4 Å². The third-order valence-electron chi connectivity index (χ3n) is 5.10. The van der Waals surface area contributed by atoms with Gasteiger partial charge in [0.25, 0.3) is 0 Å². The predicted molar refractivity (Wildman–Crippen MR) is 114 cm³/mol. The van der Waals surface area contributed by atoms with Gasteiger partial charge in [-0.1, -0.05) is 32.9 Å². The van der Waals surface area contributed by atoms with Crippen LogP contribution in [0.3, 0.4) is 0 Å². The quantitative estimate of drug-likeness (QED) is 0.691. The van der Waals surface area contributed by atoms with Crippen LogP contribution in [-0.2, 0) is 22.6 Å². The van der Waals surface area contributed by atoms with Crippen LogP contribution in [0, 0.1) is 5.41 Å².